The molecule has 0 aliphatic carbocycles. The van der Waals surface area contributed by atoms with Gasteiger partial charge in [0.25, 0.3) is 5.91 Å². The van der Waals surface area contributed by atoms with Crippen LogP contribution in [0, 0.1) is 27.7 Å². The summed E-state index contributed by atoms with van der Waals surface area (Å²) >= 11 is 0. The highest BCUT2D eigenvalue weighted by atomic mass is 32.2. The van der Waals surface area contributed by atoms with Gasteiger partial charge in [-0.3, -0.25) is 9.10 Å². The lowest BCUT2D eigenvalue weighted by atomic mass is 10.2. The number of carbonyl (C=O) groups excluding carboxylic acids is 1. The van der Waals surface area contributed by atoms with Gasteiger partial charge in [-0.05, 0) is 63.6 Å². The van der Waals surface area contributed by atoms with E-state index in [1.54, 1.807) is 24.4 Å². The van der Waals surface area contributed by atoms with Gasteiger partial charge in [-0.2, -0.15) is 5.10 Å². The van der Waals surface area contributed by atoms with E-state index in [0.29, 0.717) is 11.4 Å². The van der Waals surface area contributed by atoms with Gasteiger partial charge in [-0.15, -0.1) is 0 Å². The number of ether oxygens (including phenoxy) is 1. The van der Waals surface area contributed by atoms with Gasteiger partial charge >= 0.3 is 0 Å². The summed E-state index contributed by atoms with van der Waals surface area (Å²) in [5.41, 5.74) is 8.65. The fourth-order valence-corrected chi connectivity index (χ4v) is 4.58. The summed E-state index contributed by atoms with van der Waals surface area (Å²) in [5, 5.41) is 4.06. The number of aryl methyl sites for hydroxylation is 3. The topological polar surface area (TPSA) is 93.0 Å². The number of sulfonamides is 1. The SMILES string of the molecule is COc1ccc(C)cc1N(CC(=O)N/N=C\c1cc(C)n(-c2ccc(C)cc2)c1C)S(C)(=O)=O. The number of methoxy groups -OCH3 is 1. The predicted molar refractivity (Wildman–Crippen MR) is 136 cm³/mol. The molecule has 0 spiro atoms. The van der Waals surface area contributed by atoms with Crippen LogP contribution in [0.1, 0.15) is 28.1 Å². The maximum Gasteiger partial charge on any atom is 0.260 e. The first-order valence-electron chi connectivity index (χ1n) is 10.7. The average Bonchev–Trinajstić information content (AvgIpc) is 3.05. The Hall–Kier alpha value is -3.59. The monoisotopic (exact) mass is 482 g/mol. The fraction of sp³-hybridized carbons (Fsp3) is 0.280. The van der Waals surface area contributed by atoms with Crippen LogP contribution in [-0.2, 0) is 14.8 Å². The number of benzene rings is 2. The number of aromatic nitrogens is 1. The van der Waals surface area contributed by atoms with E-state index in [4.69, 9.17) is 4.74 Å². The molecule has 0 saturated heterocycles. The predicted octanol–water partition coefficient (Wildman–Crippen LogP) is 3.64. The van der Waals surface area contributed by atoms with Gasteiger partial charge in [0.15, 0.2) is 0 Å². The molecule has 0 aliphatic rings. The highest BCUT2D eigenvalue weighted by Gasteiger charge is 2.24. The van der Waals surface area contributed by atoms with Crippen LogP contribution >= 0.6 is 0 Å². The van der Waals surface area contributed by atoms with E-state index in [1.807, 2.05) is 33.8 Å². The Balaban J connectivity index is 1.78. The Morgan fingerprint density at radius 3 is 2.32 bits per heavy atom. The molecule has 0 aliphatic heterocycles. The number of hydrazone groups is 1. The van der Waals surface area contributed by atoms with Crippen molar-refractivity contribution in [3.05, 3.63) is 76.6 Å². The maximum absolute atomic E-state index is 12.6. The number of anilines is 1. The Labute approximate surface area is 200 Å². The molecule has 1 heterocycles. The highest BCUT2D eigenvalue weighted by molar-refractivity contribution is 7.92. The standard InChI is InChI=1S/C25H30N4O4S/c1-17-7-10-22(11-8-17)29-19(3)14-21(20(29)4)15-26-27-25(30)16-28(34(6,31)32)23-13-18(2)9-12-24(23)33-5/h7-15H,16H2,1-6H3,(H,27,30)/b26-15-. The number of nitrogens with zero attached hydrogens (tertiary/aromatic N) is 3. The zero-order valence-electron chi connectivity index (χ0n) is 20.3. The van der Waals surface area contributed by atoms with Crippen LogP contribution < -0.4 is 14.5 Å². The summed E-state index contributed by atoms with van der Waals surface area (Å²) in [4.78, 5) is 12.6. The third-order valence-corrected chi connectivity index (χ3v) is 6.57. The van der Waals surface area contributed by atoms with E-state index in [-0.39, 0.29) is 0 Å². The molecule has 1 N–H and O–H groups in total. The average molecular weight is 483 g/mol. The normalized spacial score (nSPS) is 11.6. The number of rotatable bonds is 8. The van der Waals surface area contributed by atoms with Crippen LogP contribution in [0.4, 0.5) is 5.69 Å². The van der Waals surface area contributed by atoms with Crippen molar-refractivity contribution < 1.29 is 17.9 Å². The Morgan fingerprint density at radius 2 is 1.71 bits per heavy atom. The molecule has 0 saturated carbocycles. The van der Waals surface area contributed by atoms with Gasteiger partial charge in [-0.25, -0.2) is 13.8 Å². The molecular weight excluding hydrogens is 452 g/mol. The van der Waals surface area contributed by atoms with Gasteiger partial charge < -0.3 is 9.30 Å². The first-order valence-corrected chi connectivity index (χ1v) is 12.6. The molecule has 34 heavy (non-hydrogen) atoms. The highest BCUT2D eigenvalue weighted by Crippen LogP contribution is 2.30. The molecular formula is C25H30N4O4S. The van der Waals surface area contributed by atoms with Crippen molar-refractivity contribution in [2.24, 2.45) is 5.10 Å². The van der Waals surface area contributed by atoms with Crippen molar-refractivity contribution in [3.8, 4) is 11.4 Å². The van der Waals surface area contributed by atoms with Crippen molar-refractivity contribution in [3.63, 3.8) is 0 Å². The van der Waals surface area contributed by atoms with E-state index in [9.17, 15) is 13.2 Å². The second kappa shape index (κ2) is 10.1. The Bertz CT molecular complexity index is 1330. The molecule has 0 atom stereocenters. The van der Waals surface area contributed by atoms with Gasteiger partial charge in [-0.1, -0.05) is 23.8 Å². The summed E-state index contributed by atoms with van der Waals surface area (Å²) in [6.45, 7) is 7.42. The third kappa shape index (κ3) is 5.66. The summed E-state index contributed by atoms with van der Waals surface area (Å²) in [7, 11) is -2.29. The first-order chi connectivity index (χ1) is 16.0. The number of nitrogens with one attached hydrogen (secondary N) is 1. The van der Waals surface area contributed by atoms with E-state index in [2.05, 4.69) is 39.4 Å². The van der Waals surface area contributed by atoms with Gasteiger partial charge in [0, 0.05) is 22.6 Å². The van der Waals surface area contributed by atoms with Crippen LogP contribution in [-0.4, -0.2) is 45.0 Å². The largest absolute Gasteiger partial charge is 0.495 e. The van der Waals surface area contributed by atoms with Crippen LogP contribution in [0.5, 0.6) is 5.75 Å². The van der Waals surface area contributed by atoms with Crippen LogP contribution in [0.3, 0.4) is 0 Å². The van der Waals surface area contributed by atoms with E-state index in [1.165, 1.54) is 12.7 Å². The fourth-order valence-electron chi connectivity index (χ4n) is 3.73. The number of carbonyl (C=O) groups is 1. The summed E-state index contributed by atoms with van der Waals surface area (Å²) in [6.07, 6.45) is 2.61. The Morgan fingerprint density at radius 1 is 1.06 bits per heavy atom. The maximum atomic E-state index is 12.6. The minimum atomic E-state index is -3.75. The third-order valence-electron chi connectivity index (χ3n) is 5.45. The molecule has 3 aromatic rings. The number of amides is 1. The van der Waals surface area contributed by atoms with Crippen molar-refractivity contribution in [2.45, 2.75) is 27.7 Å². The molecule has 180 valence electrons. The van der Waals surface area contributed by atoms with Crippen molar-refractivity contribution in [2.75, 3.05) is 24.2 Å². The minimum absolute atomic E-state index is 0.297. The molecule has 0 bridgehead atoms. The van der Waals surface area contributed by atoms with E-state index in [0.717, 1.165) is 38.8 Å². The molecule has 0 fully saturated rings. The molecule has 0 unspecified atom stereocenters. The second-order valence-corrected chi connectivity index (χ2v) is 10.1. The van der Waals surface area contributed by atoms with Gasteiger partial charge in [0.2, 0.25) is 10.0 Å². The lowest BCUT2D eigenvalue weighted by Crippen LogP contribution is -2.39. The minimum Gasteiger partial charge on any atom is -0.495 e. The number of hydrogen-bond acceptors (Lipinski definition) is 5. The van der Waals surface area contributed by atoms with Crippen molar-refractivity contribution in [1.29, 1.82) is 0 Å². The van der Waals surface area contributed by atoms with Crippen LogP contribution in [0.15, 0.2) is 53.6 Å². The molecule has 9 heteroatoms. The summed E-state index contributed by atoms with van der Waals surface area (Å²) in [6, 6.07) is 15.3. The van der Waals surface area contributed by atoms with Gasteiger partial charge in [0.05, 0.1) is 25.3 Å². The van der Waals surface area contributed by atoms with Crippen LogP contribution in [0.25, 0.3) is 5.69 Å². The molecule has 1 aromatic heterocycles. The summed E-state index contributed by atoms with van der Waals surface area (Å²) in [5.74, 6) is -0.214. The quantitative estimate of drug-likeness (QED) is 0.392. The van der Waals surface area contributed by atoms with Crippen molar-refractivity contribution in [1.82, 2.24) is 9.99 Å². The summed E-state index contributed by atoms with van der Waals surface area (Å²) < 4.78 is 33.3. The number of hydrogen-bond donors (Lipinski definition) is 1. The zero-order valence-corrected chi connectivity index (χ0v) is 21.1. The molecule has 2 aromatic carbocycles. The lowest BCUT2D eigenvalue weighted by Gasteiger charge is -2.23. The second-order valence-electron chi connectivity index (χ2n) is 8.24. The Kier molecular flexibility index (Phi) is 7.46. The molecule has 8 nitrogen and oxygen atoms in total. The van der Waals surface area contributed by atoms with Crippen molar-refractivity contribution >= 4 is 27.8 Å². The van der Waals surface area contributed by atoms with Gasteiger partial charge in [0.1, 0.15) is 12.3 Å². The molecule has 3 rings (SSSR count). The van der Waals surface area contributed by atoms with Crippen LogP contribution in [0.2, 0.25) is 0 Å². The smallest absolute Gasteiger partial charge is 0.260 e. The van der Waals surface area contributed by atoms with E-state index >= 15 is 0 Å². The zero-order chi connectivity index (χ0) is 25.0. The van der Waals surface area contributed by atoms with E-state index < -0.39 is 22.5 Å². The lowest BCUT2D eigenvalue weighted by molar-refractivity contribution is -0.119. The molecule has 1 amide bonds. The first kappa shape index (κ1) is 25.0. The molecule has 0 radical (unpaired) electrons.